The van der Waals surface area contributed by atoms with Gasteiger partial charge in [-0.25, -0.2) is 8.42 Å². The molecule has 1 aromatic rings. The summed E-state index contributed by atoms with van der Waals surface area (Å²) in [6.45, 7) is 1.42. The van der Waals surface area contributed by atoms with Crippen molar-refractivity contribution in [3.05, 3.63) is 23.8 Å². The maximum absolute atomic E-state index is 12.6. The molecule has 1 saturated heterocycles. The molecule has 1 unspecified atom stereocenters. The van der Waals surface area contributed by atoms with E-state index < -0.39 is 10.0 Å². The molecule has 0 aliphatic carbocycles. The van der Waals surface area contributed by atoms with Gasteiger partial charge in [0.25, 0.3) is 0 Å². The van der Waals surface area contributed by atoms with Crippen molar-refractivity contribution in [2.24, 2.45) is 0 Å². The van der Waals surface area contributed by atoms with Gasteiger partial charge in [0.1, 0.15) is 0 Å². The third kappa shape index (κ3) is 2.81. The van der Waals surface area contributed by atoms with Crippen LogP contribution in [0, 0.1) is 0 Å². The molecule has 114 valence electrons. The van der Waals surface area contributed by atoms with Crippen molar-refractivity contribution < 1.29 is 13.2 Å². The molecule has 2 N–H and O–H groups in total. The Bertz CT molecular complexity index is 666. The number of carbonyl (C=O) groups is 1. The van der Waals surface area contributed by atoms with E-state index in [1.165, 1.54) is 4.31 Å². The highest BCUT2D eigenvalue weighted by Gasteiger charge is 2.27. The smallest absolute Gasteiger partial charge is 0.242 e. The second-order valence-corrected chi connectivity index (χ2v) is 7.67. The summed E-state index contributed by atoms with van der Waals surface area (Å²) in [5.41, 5.74) is 1.45. The van der Waals surface area contributed by atoms with Crippen LogP contribution in [-0.2, 0) is 21.2 Å². The molecule has 1 aromatic carbocycles. The third-order valence-corrected chi connectivity index (χ3v) is 5.87. The van der Waals surface area contributed by atoms with E-state index in [1.54, 1.807) is 25.2 Å². The van der Waals surface area contributed by atoms with Crippen molar-refractivity contribution in [1.29, 1.82) is 0 Å². The molecule has 21 heavy (non-hydrogen) atoms. The fraction of sp³-hybridized carbons (Fsp3) is 0.500. The van der Waals surface area contributed by atoms with Gasteiger partial charge in [-0.1, -0.05) is 0 Å². The maximum Gasteiger partial charge on any atom is 0.242 e. The lowest BCUT2D eigenvalue weighted by Gasteiger charge is -2.21. The number of rotatable bonds is 4. The molecule has 2 aliphatic heterocycles. The van der Waals surface area contributed by atoms with E-state index in [9.17, 15) is 13.2 Å². The highest BCUT2D eigenvalue weighted by Crippen LogP contribution is 2.27. The van der Waals surface area contributed by atoms with Crippen molar-refractivity contribution in [3.8, 4) is 0 Å². The van der Waals surface area contributed by atoms with Crippen molar-refractivity contribution in [3.63, 3.8) is 0 Å². The fourth-order valence-corrected chi connectivity index (χ4v) is 4.13. The Hall–Kier alpha value is -1.44. The summed E-state index contributed by atoms with van der Waals surface area (Å²) in [4.78, 5) is 11.6. The monoisotopic (exact) mass is 309 g/mol. The topological polar surface area (TPSA) is 78.5 Å². The first-order chi connectivity index (χ1) is 9.96. The highest BCUT2D eigenvalue weighted by molar-refractivity contribution is 7.89. The predicted molar refractivity (Wildman–Crippen MR) is 79.6 cm³/mol. The van der Waals surface area contributed by atoms with Crippen LogP contribution in [0.25, 0.3) is 0 Å². The zero-order valence-corrected chi connectivity index (χ0v) is 12.7. The summed E-state index contributed by atoms with van der Waals surface area (Å²) in [5, 5.41) is 6.00. The Balaban J connectivity index is 1.81. The fourth-order valence-electron chi connectivity index (χ4n) is 2.87. The van der Waals surface area contributed by atoms with Crippen LogP contribution < -0.4 is 10.6 Å². The molecule has 0 saturated carbocycles. The van der Waals surface area contributed by atoms with Gasteiger partial charge in [-0.15, -0.1) is 0 Å². The van der Waals surface area contributed by atoms with Crippen LogP contribution in [0.4, 0.5) is 5.69 Å². The number of likely N-dealkylation sites (N-methyl/N-ethyl adjacent to an activating group) is 1. The number of hydrogen-bond donors (Lipinski definition) is 2. The number of carbonyl (C=O) groups excluding carboxylic acids is 1. The number of amides is 1. The average molecular weight is 309 g/mol. The summed E-state index contributed by atoms with van der Waals surface area (Å²) in [6.07, 6.45) is 2.33. The SMILES string of the molecule is CN(CC1CCCN1)S(=O)(=O)c1ccc2c(c1)CC(=O)N2. The van der Waals surface area contributed by atoms with Gasteiger partial charge in [0.05, 0.1) is 11.3 Å². The van der Waals surface area contributed by atoms with Gasteiger partial charge in [-0.05, 0) is 43.1 Å². The molecule has 3 rings (SSSR count). The molecule has 1 amide bonds. The van der Waals surface area contributed by atoms with Crippen LogP contribution in [0.3, 0.4) is 0 Å². The Morgan fingerprint density at radius 3 is 2.90 bits per heavy atom. The number of nitrogens with one attached hydrogen (secondary N) is 2. The molecule has 6 nitrogen and oxygen atoms in total. The van der Waals surface area contributed by atoms with E-state index in [-0.39, 0.29) is 23.3 Å². The summed E-state index contributed by atoms with van der Waals surface area (Å²) in [5.74, 6) is -0.0944. The van der Waals surface area contributed by atoms with Gasteiger partial charge in [-0.3, -0.25) is 4.79 Å². The van der Waals surface area contributed by atoms with Gasteiger partial charge < -0.3 is 10.6 Å². The summed E-state index contributed by atoms with van der Waals surface area (Å²) in [7, 11) is -1.91. The standard InChI is InChI=1S/C14H19N3O3S/c1-17(9-11-3-2-6-15-11)21(19,20)12-4-5-13-10(7-12)8-14(18)16-13/h4-5,7,11,15H,2-3,6,8-9H2,1H3,(H,16,18). The van der Waals surface area contributed by atoms with Crippen LogP contribution >= 0.6 is 0 Å². The van der Waals surface area contributed by atoms with Gasteiger partial charge in [0.15, 0.2) is 0 Å². The second-order valence-electron chi connectivity index (χ2n) is 5.62. The molecule has 1 fully saturated rings. The number of sulfonamides is 1. The minimum absolute atomic E-state index is 0.0944. The average Bonchev–Trinajstić information content (AvgIpc) is 3.05. The van der Waals surface area contributed by atoms with Crippen LogP contribution in [0.5, 0.6) is 0 Å². The molecule has 0 radical (unpaired) electrons. The van der Waals surface area contributed by atoms with E-state index in [0.717, 1.165) is 24.9 Å². The molecule has 2 aliphatic rings. The van der Waals surface area contributed by atoms with Crippen molar-refractivity contribution >= 4 is 21.6 Å². The van der Waals surface area contributed by atoms with Crippen LogP contribution in [0.2, 0.25) is 0 Å². The molecule has 0 spiro atoms. The number of nitrogens with zero attached hydrogens (tertiary/aromatic N) is 1. The molecular formula is C14H19N3O3S. The second kappa shape index (κ2) is 5.40. The van der Waals surface area contributed by atoms with Gasteiger partial charge in [-0.2, -0.15) is 4.31 Å². The minimum Gasteiger partial charge on any atom is -0.326 e. The van der Waals surface area contributed by atoms with Gasteiger partial charge >= 0.3 is 0 Å². The van der Waals surface area contributed by atoms with Gasteiger partial charge in [0, 0.05) is 25.3 Å². The Morgan fingerprint density at radius 1 is 1.38 bits per heavy atom. The lowest BCUT2D eigenvalue weighted by molar-refractivity contribution is -0.115. The number of hydrogen-bond acceptors (Lipinski definition) is 4. The number of anilines is 1. The Morgan fingerprint density at radius 2 is 2.19 bits per heavy atom. The van der Waals surface area contributed by atoms with E-state index in [4.69, 9.17) is 0 Å². The molecule has 0 bridgehead atoms. The summed E-state index contributed by atoms with van der Waals surface area (Å²) < 4.78 is 26.6. The van der Waals surface area contributed by atoms with Crippen LogP contribution in [0.15, 0.2) is 23.1 Å². The molecule has 0 aromatic heterocycles. The zero-order valence-electron chi connectivity index (χ0n) is 11.9. The molecule has 2 heterocycles. The Labute approximate surface area is 124 Å². The first kappa shape index (κ1) is 14.5. The van der Waals surface area contributed by atoms with Crippen LogP contribution in [-0.4, -0.2) is 44.8 Å². The van der Waals surface area contributed by atoms with Crippen molar-refractivity contribution in [2.45, 2.75) is 30.2 Å². The lowest BCUT2D eigenvalue weighted by atomic mass is 10.2. The first-order valence-electron chi connectivity index (χ1n) is 7.09. The quantitative estimate of drug-likeness (QED) is 0.851. The predicted octanol–water partition coefficient (Wildman–Crippen LogP) is 0.554. The molecule has 7 heteroatoms. The molecule has 1 atom stereocenters. The highest BCUT2D eigenvalue weighted by atomic mass is 32.2. The molecular weight excluding hydrogens is 290 g/mol. The van der Waals surface area contributed by atoms with Crippen molar-refractivity contribution in [2.75, 3.05) is 25.5 Å². The van der Waals surface area contributed by atoms with Gasteiger partial charge in [0.2, 0.25) is 15.9 Å². The van der Waals surface area contributed by atoms with E-state index in [2.05, 4.69) is 10.6 Å². The number of fused-ring (bicyclic) bond motifs is 1. The first-order valence-corrected chi connectivity index (χ1v) is 8.53. The van der Waals surface area contributed by atoms with E-state index in [0.29, 0.717) is 12.2 Å². The lowest BCUT2D eigenvalue weighted by Crippen LogP contribution is -2.38. The van der Waals surface area contributed by atoms with E-state index >= 15 is 0 Å². The van der Waals surface area contributed by atoms with E-state index in [1.807, 2.05) is 0 Å². The van der Waals surface area contributed by atoms with Crippen LogP contribution in [0.1, 0.15) is 18.4 Å². The Kier molecular flexibility index (Phi) is 3.73. The zero-order chi connectivity index (χ0) is 15.0. The van der Waals surface area contributed by atoms with Crippen molar-refractivity contribution in [1.82, 2.24) is 9.62 Å². The summed E-state index contributed by atoms with van der Waals surface area (Å²) in [6, 6.07) is 5.04. The normalized spacial score (nSPS) is 21.6. The minimum atomic E-state index is -3.51. The maximum atomic E-state index is 12.6. The number of benzene rings is 1. The largest absolute Gasteiger partial charge is 0.326 e. The third-order valence-electron chi connectivity index (χ3n) is 4.05. The summed E-state index contributed by atoms with van der Waals surface area (Å²) >= 11 is 0.